The molecular weight excluding hydrogens is 308 g/mol. The predicted octanol–water partition coefficient (Wildman–Crippen LogP) is 3.62. The van der Waals surface area contributed by atoms with Crippen LogP contribution in [-0.4, -0.2) is 30.8 Å². The largest absolute Gasteiger partial charge is 0.465 e. The summed E-state index contributed by atoms with van der Waals surface area (Å²) in [4.78, 5) is 24.6. The lowest BCUT2D eigenvalue weighted by Crippen LogP contribution is -2.53. The average molecular weight is 338 g/mol. The van der Waals surface area contributed by atoms with Gasteiger partial charge in [-0.15, -0.1) is 0 Å². The van der Waals surface area contributed by atoms with Gasteiger partial charge in [-0.2, -0.15) is 0 Å². The van der Waals surface area contributed by atoms with Gasteiger partial charge in [0.25, 0.3) is 0 Å². The normalized spacial score (nSPS) is 31.5. The number of Topliss-reactive ketones (excluding diaryl/α,β-unsaturated/α-hetero) is 1. The van der Waals surface area contributed by atoms with Crippen LogP contribution in [0, 0.1) is 17.3 Å². The molecule has 0 spiro atoms. The van der Waals surface area contributed by atoms with Crippen molar-refractivity contribution in [2.75, 3.05) is 13.2 Å². The van der Waals surface area contributed by atoms with Crippen LogP contribution >= 0.6 is 0 Å². The molecule has 2 atom stereocenters. The highest BCUT2D eigenvalue weighted by Gasteiger charge is 2.63. The average Bonchev–Trinajstić information content (AvgIpc) is 2.77. The Hall–Kier alpha value is -1.36. The summed E-state index contributed by atoms with van der Waals surface area (Å²) in [6, 6.07) is 0. The zero-order valence-electron chi connectivity index (χ0n) is 15.5. The summed E-state index contributed by atoms with van der Waals surface area (Å²) in [7, 11) is 0. The van der Waals surface area contributed by atoms with Gasteiger partial charge in [-0.3, -0.25) is 4.79 Å². The molecule has 0 aromatic heterocycles. The van der Waals surface area contributed by atoms with E-state index in [-0.39, 0.29) is 11.7 Å². The maximum atomic E-state index is 12.6. The van der Waals surface area contributed by atoms with Gasteiger partial charge in [0.15, 0.2) is 0 Å². The minimum atomic E-state index is -0.948. The summed E-state index contributed by atoms with van der Waals surface area (Å²) in [5, 5.41) is 0. The van der Waals surface area contributed by atoms with E-state index in [1.165, 1.54) is 6.08 Å². The van der Waals surface area contributed by atoms with E-state index in [0.717, 1.165) is 6.42 Å². The smallest absolute Gasteiger partial charge is 0.334 e. The molecule has 24 heavy (non-hydrogen) atoms. The second-order valence-corrected chi connectivity index (χ2v) is 7.98. The third-order valence-corrected chi connectivity index (χ3v) is 4.68. The third-order valence-electron chi connectivity index (χ3n) is 4.68. The van der Waals surface area contributed by atoms with Gasteiger partial charge in [0, 0.05) is 19.3 Å². The number of ether oxygens (including phenoxy) is 3. The van der Waals surface area contributed by atoms with E-state index >= 15 is 0 Å². The van der Waals surface area contributed by atoms with E-state index in [4.69, 9.17) is 14.2 Å². The van der Waals surface area contributed by atoms with Crippen LogP contribution in [0.25, 0.3) is 0 Å². The molecule has 2 aliphatic rings. The van der Waals surface area contributed by atoms with Crippen molar-refractivity contribution >= 4 is 11.8 Å². The van der Waals surface area contributed by atoms with Gasteiger partial charge in [-0.05, 0) is 25.2 Å². The molecule has 136 valence electrons. The molecule has 0 aromatic carbocycles. The summed E-state index contributed by atoms with van der Waals surface area (Å²) in [5.41, 5.74) is -0.732. The third kappa shape index (κ3) is 3.82. The first-order valence-corrected chi connectivity index (χ1v) is 8.92. The minimum Gasteiger partial charge on any atom is -0.465 e. The fourth-order valence-corrected chi connectivity index (χ4v) is 3.30. The fourth-order valence-electron chi connectivity index (χ4n) is 3.30. The minimum absolute atomic E-state index is 0.149. The van der Waals surface area contributed by atoms with Gasteiger partial charge in [-0.1, -0.05) is 27.7 Å². The number of rotatable bonds is 6. The molecule has 2 fully saturated rings. The molecule has 5 nitrogen and oxygen atoms in total. The number of carbonyl (C=O) groups excluding carboxylic acids is 2. The Balaban J connectivity index is 2.18. The number of esters is 1. The highest BCUT2D eigenvalue weighted by atomic mass is 16.7. The van der Waals surface area contributed by atoms with Crippen LogP contribution in [0.1, 0.15) is 60.3 Å². The summed E-state index contributed by atoms with van der Waals surface area (Å²) >= 11 is 0. The van der Waals surface area contributed by atoms with E-state index in [1.807, 2.05) is 20.8 Å². The van der Waals surface area contributed by atoms with E-state index < -0.39 is 17.2 Å². The number of carbonyl (C=O) groups is 2. The second-order valence-electron chi connectivity index (χ2n) is 7.98. The topological polar surface area (TPSA) is 61.8 Å². The number of fused-ring (bicyclic) bond motifs is 1. The standard InChI is InChI=1S/C19H30O5/c1-13(2)11-22-17(21)9-15-10-18(5)16(20)7-6-8-19(18,24-15)23-12-14(3)4/h9,13-14H,6-8,10-12H2,1-5H3/b15-9+/t18-,19+/m1/s1. The van der Waals surface area contributed by atoms with Gasteiger partial charge in [0.2, 0.25) is 5.79 Å². The van der Waals surface area contributed by atoms with Crippen molar-refractivity contribution in [3.8, 4) is 0 Å². The van der Waals surface area contributed by atoms with Gasteiger partial charge in [-0.25, -0.2) is 4.79 Å². The molecule has 2 rings (SSSR count). The molecule has 1 saturated heterocycles. The van der Waals surface area contributed by atoms with E-state index in [2.05, 4.69) is 13.8 Å². The van der Waals surface area contributed by atoms with Gasteiger partial charge < -0.3 is 14.2 Å². The van der Waals surface area contributed by atoms with Crippen molar-refractivity contribution in [3.63, 3.8) is 0 Å². The van der Waals surface area contributed by atoms with Crippen molar-refractivity contribution < 1.29 is 23.8 Å². The van der Waals surface area contributed by atoms with Crippen LogP contribution in [0.4, 0.5) is 0 Å². The van der Waals surface area contributed by atoms with E-state index in [0.29, 0.717) is 44.2 Å². The van der Waals surface area contributed by atoms with Crippen LogP contribution in [-0.2, 0) is 23.8 Å². The number of hydrogen-bond acceptors (Lipinski definition) is 5. The van der Waals surface area contributed by atoms with E-state index in [1.54, 1.807) is 0 Å². The van der Waals surface area contributed by atoms with Crippen LogP contribution in [0.2, 0.25) is 0 Å². The molecule has 1 heterocycles. The van der Waals surface area contributed by atoms with Crippen LogP contribution in [0.15, 0.2) is 11.8 Å². The second kappa shape index (κ2) is 7.26. The lowest BCUT2D eigenvalue weighted by Gasteiger charge is -2.43. The number of allylic oxidation sites excluding steroid dienone is 1. The zero-order chi connectivity index (χ0) is 18.0. The molecule has 0 radical (unpaired) electrons. The molecule has 1 aliphatic carbocycles. The van der Waals surface area contributed by atoms with Crippen molar-refractivity contribution in [1.82, 2.24) is 0 Å². The monoisotopic (exact) mass is 338 g/mol. The van der Waals surface area contributed by atoms with Crippen molar-refractivity contribution in [1.29, 1.82) is 0 Å². The van der Waals surface area contributed by atoms with Crippen molar-refractivity contribution in [3.05, 3.63) is 11.8 Å². The first kappa shape index (κ1) is 19.0. The Morgan fingerprint density at radius 1 is 1.25 bits per heavy atom. The summed E-state index contributed by atoms with van der Waals surface area (Å²) in [5.74, 6) is -0.113. The zero-order valence-corrected chi connectivity index (χ0v) is 15.5. The van der Waals surface area contributed by atoms with Crippen molar-refractivity contribution in [2.45, 2.75) is 66.1 Å². The van der Waals surface area contributed by atoms with Crippen LogP contribution in [0.5, 0.6) is 0 Å². The molecule has 0 aromatic rings. The number of ketones is 1. The molecule has 5 heteroatoms. The highest BCUT2D eigenvalue weighted by molar-refractivity contribution is 5.88. The molecule has 0 N–H and O–H groups in total. The molecule has 0 unspecified atom stereocenters. The van der Waals surface area contributed by atoms with Crippen LogP contribution < -0.4 is 0 Å². The van der Waals surface area contributed by atoms with Gasteiger partial charge >= 0.3 is 5.97 Å². The maximum Gasteiger partial charge on any atom is 0.334 e. The fraction of sp³-hybridized carbons (Fsp3) is 0.789. The van der Waals surface area contributed by atoms with Gasteiger partial charge in [0.05, 0.1) is 24.7 Å². The Bertz CT molecular complexity index is 522. The van der Waals surface area contributed by atoms with Gasteiger partial charge in [0.1, 0.15) is 11.5 Å². The Labute approximate surface area is 144 Å². The summed E-state index contributed by atoms with van der Waals surface area (Å²) < 4.78 is 17.4. The molecule has 0 bridgehead atoms. The molecule has 0 amide bonds. The molecule has 1 saturated carbocycles. The molecule has 1 aliphatic heterocycles. The Kier molecular flexibility index (Phi) is 5.74. The maximum absolute atomic E-state index is 12.6. The Morgan fingerprint density at radius 2 is 1.92 bits per heavy atom. The number of hydrogen-bond donors (Lipinski definition) is 0. The highest BCUT2D eigenvalue weighted by Crippen LogP contribution is 2.55. The van der Waals surface area contributed by atoms with Crippen molar-refractivity contribution in [2.24, 2.45) is 17.3 Å². The Morgan fingerprint density at radius 3 is 2.54 bits per heavy atom. The first-order valence-electron chi connectivity index (χ1n) is 8.92. The lowest BCUT2D eigenvalue weighted by atomic mass is 9.69. The van der Waals surface area contributed by atoms with E-state index in [9.17, 15) is 9.59 Å². The van der Waals surface area contributed by atoms with Crippen LogP contribution in [0.3, 0.4) is 0 Å². The quantitative estimate of drug-likeness (QED) is 0.547. The first-order chi connectivity index (χ1) is 11.2. The summed E-state index contributed by atoms with van der Waals surface area (Å²) in [6.07, 6.45) is 3.72. The summed E-state index contributed by atoms with van der Waals surface area (Å²) in [6.45, 7) is 10.9. The lowest BCUT2D eigenvalue weighted by molar-refractivity contribution is -0.256. The predicted molar refractivity (Wildman–Crippen MR) is 90.1 cm³/mol. The SMILES string of the molecule is CC(C)COC(=O)/C=C1\C[C@]2(C)C(=O)CCC[C@]2(OCC(C)C)O1. The molecular formula is C19H30O5.